The first-order valence-electron chi connectivity index (χ1n) is 4.85. The SMILES string of the molecule is COCc1ccccc1CC(Br)C(C)=O. The van der Waals surface area contributed by atoms with E-state index in [1.807, 2.05) is 24.3 Å². The molecular formula is C12H15BrO2. The molecule has 1 aromatic carbocycles. The fraction of sp³-hybridized carbons (Fsp3) is 0.417. The molecule has 0 bridgehead atoms. The van der Waals surface area contributed by atoms with E-state index >= 15 is 0 Å². The topological polar surface area (TPSA) is 26.3 Å². The molecule has 0 aromatic heterocycles. The zero-order valence-electron chi connectivity index (χ0n) is 9.00. The lowest BCUT2D eigenvalue weighted by Gasteiger charge is -2.10. The normalized spacial score (nSPS) is 12.5. The molecule has 0 aliphatic rings. The molecule has 1 atom stereocenters. The third kappa shape index (κ3) is 3.76. The van der Waals surface area contributed by atoms with Gasteiger partial charge in [-0.1, -0.05) is 40.2 Å². The molecule has 0 saturated carbocycles. The van der Waals surface area contributed by atoms with Crippen molar-refractivity contribution in [2.24, 2.45) is 0 Å². The van der Waals surface area contributed by atoms with Crippen LogP contribution in [0.2, 0.25) is 0 Å². The number of Topliss-reactive ketones (excluding diaryl/α,β-unsaturated/α-hetero) is 1. The number of hydrogen-bond donors (Lipinski definition) is 0. The number of carbonyl (C=O) groups is 1. The molecular weight excluding hydrogens is 256 g/mol. The fourth-order valence-electron chi connectivity index (χ4n) is 1.39. The van der Waals surface area contributed by atoms with Gasteiger partial charge in [-0.05, 0) is 24.5 Å². The van der Waals surface area contributed by atoms with E-state index in [1.165, 1.54) is 0 Å². The van der Waals surface area contributed by atoms with Gasteiger partial charge in [0.05, 0.1) is 11.4 Å². The van der Waals surface area contributed by atoms with Gasteiger partial charge in [-0.15, -0.1) is 0 Å². The molecule has 82 valence electrons. The molecule has 3 heteroatoms. The third-order valence-corrected chi connectivity index (χ3v) is 3.23. The molecule has 2 nitrogen and oxygen atoms in total. The monoisotopic (exact) mass is 270 g/mol. The minimum Gasteiger partial charge on any atom is -0.380 e. The molecule has 0 spiro atoms. The van der Waals surface area contributed by atoms with Crippen LogP contribution < -0.4 is 0 Å². The zero-order valence-corrected chi connectivity index (χ0v) is 10.6. The van der Waals surface area contributed by atoms with Crippen molar-refractivity contribution < 1.29 is 9.53 Å². The van der Waals surface area contributed by atoms with Crippen LogP contribution in [0.15, 0.2) is 24.3 Å². The predicted octanol–water partition coefficient (Wildman–Crippen LogP) is 2.73. The third-order valence-electron chi connectivity index (χ3n) is 2.26. The Morgan fingerprint density at radius 3 is 2.53 bits per heavy atom. The second-order valence-electron chi connectivity index (χ2n) is 3.48. The van der Waals surface area contributed by atoms with Gasteiger partial charge in [0.15, 0.2) is 0 Å². The van der Waals surface area contributed by atoms with Crippen LogP contribution in [0.25, 0.3) is 0 Å². The van der Waals surface area contributed by atoms with Gasteiger partial charge < -0.3 is 4.74 Å². The van der Waals surface area contributed by atoms with Crippen molar-refractivity contribution in [1.82, 2.24) is 0 Å². The number of halogens is 1. The van der Waals surface area contributed by atoms with Crippen LogP contribution in [0.3, 0.4) is 0 Å². The summed E-state index contributed by atoms with van der Waals surface area (Å²) in [6, 6.07) is 8.02. The lowest BCUT2D eigenvalue weighted by atomic mass is 10.0. The van der Waals surface area contributed by atoms with Crippen molar-refractivity contribution in [3.63, 3.8) is 0 Å². The lowest BCUT2D eigenvalue weighted by Crippen LogP contribution is -2.14. The van der Waals surface area contributed by atoms with Crippen molar-refractivity contribution in [1.29, 1.82) is 0 Å². The molecule has 15 heavy (non-hydrogen) atoms. The van der Waals surface area contributed by atoms with Gasteiger partial charge >= 0.3 is 0 Å². The van der Waals surface area contributed by atoms with Crippen LogP contribution in [-0.4, -0.2) is 17.7 Å². The molecule has 1 rings (SSSR count). The number of methoxy groups -OCH3 is 1. The number of ether oxygens (including phenoxy) is 1. The molecule has 0 aliphatic carbocycles. The number of carbonyl (C=O) groups excluding carboxylic acids is 1. The summed E-state index contributed by atoms with van der Waals surface area (Å²) in [5.74, 6) is 0.155. The van der Waals surface area contributed by atoms with Crippen molar-refractivity contribution in [2.45, 2.75) is 24.8 Å². The van der Waals surface area contributed by atoms with Gasteiger partial charge in [0.25, 0.3) is 0 Å². The van der Waals surface area contributed by atoms with E-state index < -0.39 is 0 Å². The van der Waals surface area contributed by atoms with Crippen LogP contribution in [0, 0.1) is 0 Å². The maximum absolute atomic E-state index is 11.1. The molecule has 0 fully saturated rings. The first-order chi connectivity index (χ1) is 7.15. The smallest absolute Gasteiger partial charge is 0.143 e. The van der Waals surface area contributed by atoms with Crippen molar-refractivity contribution in [2.75, 3.05) is 7.11 Å². The second kappa shape index (κ2) is 6.03. The minimum atomic E-state index is -0.101. The molecule has 0 saturated heterocycles. The van der Waals surface area contributed by atoms with Crippen LogP contribution in [0.1, 0.15) is 18.1 Å². The van der Waals surface area contributed by atoms with Crippen molar-refractivity contribution >= 4 is 21.7 Å². The Kier molecular flexibility index (Phi) is 4.99. The van der Waals surface area contributed by atoms with Gasteiger partial charge in [-0.25, -0.2) is 0 Å². The summed E-state index contributed by atoms with van der Waals surface area (Å²) in [6.07, 6.45) is 0.717. The highest BCUT2D eigenvalue weighted by atomic mass is 79.9. The number of hydrogen-bond acceptors (Lipinski definition) is 2. The van der Waals surface area contributed by atoms with Crippen LogP contribution in [0.5, 0.6) is 0 Å². The number of benzene rings is 1. The number of rotatable bonds is 5. The Bertz CT molecular complexity index is 336. The maximum Gasteiger partial charge on any atom is 0.143 e. The second-order valence-corrected chi connectivity index (χ2v) is 4.59. The Balaban J connectivity index is 2.79. The average Bonchev–Trinajstić information content (AvgIpc) is 2.21. The van der Waals surface area contributed by atoms with E-state index in [4.69, 9.17) is 4.74 Å². The first kappa shape index (κ1) is 12.4. The van der Waals surface area contributed by atoms with E-state index in [2.05, 4.69) is 15.9 Å². The molecule has 0 aliphatic heterocycles. The van der Waals surface area contributed by atoms with Gasteiger partial charge in [-0.3, -0.25) is 4.79 Å². The van der Waals surface area contributed by atoms with Gasteiger partial charge in [0.1, 0.15) is 5.78 Å². The summed E-state index contributed by atoms with van der Waals surface area (Å²) in [4.78, 5) is 11.0. The van der Waals surface area contributed by atoms with Gasteiger partial charge in [0.2, 0.25) is 0 Å². The summed E-state index contributed by atoms with van der Waals surface area (Å²) in [7, 11) is 1.67. The summed E-state index contributed by atoms with van der Waals surface area (Å²) in [5.41, 5.74) is 2.31. The molecule has 0 N–H and O–H groups in total. The summed E-state index contributed by atoms with van der Waals surface area (Å²) >= 11 is 3.37. The van der Waals surface area contributed by atoms with Crippen LogP contribution >= 0.6 is 15.9 Å². The van der Waals surface area contributed by atoms with E-state index in [0.29, 0.717) is 6.61 Å². The Morgan fingerprint density at radius 1 is 1.40 bits per heavy atom. The Hall–Kier alpha value is -0.670. The maximum atomic E-state index is 11.1. The molecule has 1 aromatic rings. The number of alkyl halides is 1. The van der Waals surface area contributed by atoms with E-state index in [0.717, 1.165) is 17.5 Å². The molecule has 0 heterocycles. The lowest BCUT2D eigenvalue weighted by molar-refractivity contribution is -0.116. The first-order valence-corrected chi connectivity index (χ1v) is 5.77. The van der Waals surface area contributed by atoms with Gasteiger partial charge in [0, 0.05) is 7.11 Å². The van der Waals surface area contributed by atoms with E-state index in [-0.39, 0.29) is 10.6 Å². The predicted molar refractivity (Wildman–Crippen MR) is 64.3 cm³/mol. The average molecular weight is 271 g/mol. The molecule has 1 unspecified atom stereocenters. The highest BCUT2D eigenvalue weighted by Crippen LogP contribution is 2.16. The largest absolute Gasteiger partial charge is 0.380 e. The van der Waals surface area contributed by atoms with Crippen molar-refractivity contribution in [3.8, 4) is 0 Å². The number of ketones is 1. The molecule has 0 amide bonds. The summed E-state index contributed by atoms with van der Waals surface area (Å²) in [6.45, 7) is 2.19. The van der Waals surface area contributed by atoms with Crippen molar-refractivity contribution in [3.05, 3.63) is 35.4 Å². The Labute approximate surface area is 98.8 Å². The zero-order chi connectivity index (χ0) is 11.3. The highest BCUT2D eigenvalue weighted by Gasteiger charge is 2.12. The van der Waals surface area contributed by atoms with E-state index in [9.17, 15) is 4.79 Å². The van der Waals surface area contributed by atoms with Crippen LogP contribution in [0.4, 0.5) is 0 Å². The summed E-state index contributed by atoms with van der Waals surface area (Å²) in [5, 5.41) is 0. The van der Waals surface area contributed by atoms with Gasteiger partial charge in [-0.2, -0.15) is 0 Å². The Morgan fingerprint density at radius 2 is 2.00 bits per heavy atom. The highest BCUT2D eigenvalue weighted by molar-refractivity contribution is 9.10. The minimum absolute atomic E-state index is 0.101. The molecule has 0 radical (unpaired) electrons. The summed E-state index contributed by atoms with van der Waals surface area (Å²) < 4.78 is 5.11. The quantitative estimate of drug-likeness (QED) is 0.770. The fourth-order valence-corrected chi connectivity index (χ4v) is 1.74. The van der Waals surface area contributed by atoms with Crippen LogP contribution in [-0.2, 0) is 22.6 Å². The standard InChI is InChI=1S/C12H15BrO2/c1-9(14)12(13)7-10-5-3-4-6-11(10)8-15-2/h3-6,12H,7-8H2,1-2H3. The van der Waals surface area contributed by atoms with E-state index in [1.54, 1.807) is 14.0 Å².